The summed E-state index contributed by atoms with van der Waals surface area (Å²) < 4.78 is 1.56. The van der Waals surface area contributed by atoms with Crippen molar-refractivity contribution in [3.8, 4) is 0 Å². The first kappa shape index (κ1) is 13.3. The van der Waals surface area contributed by atoms with Crippen LogP contribution in [0.4, 0.5) is 0 Å². The Balaban J connectivity index is 2.10. The molecular formula is C14H12ClN3OS. The SMILES string of the molecule is Cc1sc2nc(Cn3ccccc3=O)nc(Cl)c2c1C. The van der Waals surface area contributed by atoms with Gasteiger partial charge in [-0.25, -0.2) is 9.97 Å². The van der Waals surface area contributed by atoms with Gasteiger partial charge in [0.25, 0.3) is 5.56 Å². The number of pyridine rings is 1. The minimum Gasteiger partial charge on any atom is -0.308 e. The minimum absolute atomic E-state index is 0.0779. The van der Waals surface area contributed by atoms with E-state index >= 15 is 0 Å². The van der Waals surface area contributed by atoms with Gasteiger partial charge < -0.3 is 4.57 Å². The fourth-order valence-corrected chi connectivity index (χ4v) is 3.49. The average Bonchev–Trinajstić information content (AvgIpc) is 2.68. The Morgan fingerprint density at radius 3 is 2.85 bits per heavy atom. The highest BCUT2D eigenvalue weighted by molar-refractivity contribution is 7.18. The molecule has 0 fully saturated rings. The molecule has 0 radical (unpaired) electrons. The highest BCUT2D eigenvalue weighted by atomic mass is 35.5. The molecule has 0 aliphatic carbocycles. The molecule has 6 heteroatoms. The van der Waals surface area contributed by atoms with Gasteiger partial charge in [-0.3, -0.25) is 4.79 Å². The van der Waals surface area contributed by atoms with E-state index in [1.165, 1.54) is 10.9 Å². The summed E-state index contributed by atoms with van der Waals surface area (Å²) in [5.41, 5.74) is 1.05. The van der Waals surface area contributed by atoms with Crippen molar-refractivity contribution in [3.63, 3.8) is 0 Å². The van der Waals surface area contributed by atoms with Crippen molar-refractivity contribution < 1.29 is 0 Å². The third-order valence-corrected chi connectivity index (χ3v) is 4.62. The monoisotopic (exact) mass is 305 g/mol. The Morgan fingerprint density at radius 2 is 2.10 bits per heavy atom. The maximum atomic E-state index is 11.7. The normalized spacial score (nSPS) is 11.2. The van der Waals surface area contributed by atoms with Crippen LogP contribution in [0.25, 0.3) is 10.2 Å². The van der Waals surface area contributed by atoms with E-state index in [9.17, 15) is 4.79 Å². The quantitative estimate of drug-likeness (QED) is 0.683. The number of halogens is 1. The number of aryl methyl sites for hydroxylation is 2. The van der Waals surface area contributed by atoms with Crippen LogP contribution in [0.2, 0.25) is 5.15 Å². The van der Waals surface area contributed by atoms with E-state index in [4.69, 9.17) is 11.6 Å². The van der Waals surface area contributed by atoms with Crippen LogP contribution in [-0.4, -0.2) is 14.5 Å². The molecule has 0 unspecified atom stereocenters. The van der Waals surface area contributed by atoms with Crippen LogP contribution in [0.1, 0.15) is 16.3 Å². The van der Waals surface area contributed by atoms with Gasteiger partial charge in [0, 0.05) is 17.1 Å². The molecule has 4 nitrogen and oxygen atoms in total. The molecule has 0 bridgehead atoms. The average molecular weight is 306 g/mol. The zero-order valence-electron chi connectivity index (χ0n) is 11.1. The predicted octanol–water partition coefficient (Wildman–Crippen LogP) is 3.17. The molecule has 0 N–H and O–H groups in total. The van der Waals surface area contributed by atoms with E-state index in [2.05, 4.69) is 9.97 Å². The molecule has 0 spiro atoms. The molecule has 102 valence electrons. The van der Waals surface area contributed by atoms with Crippen LogP contribution in [0, 0.1) is 13.8 Å². The van der Waals surface area contributed by atoms with Gasteiger partial charge in [0.2, 0.25) is 0 Å². The van der Waals surface area contributed by atoms with E-state index in [1.54, 1.807) is 34.2 Å². The van der Waals surface area contributed by atoms with E-state index in [0.717, 1.165) is 15.8 Å². The molecule has 0 saturated carbocycles. The number of nitrogens with zero attached hydrogens (tertiary/aromatic N) is 3. The molecule has 3 aromatic rings. The molecule has 0 aliphatic heterocycles. The second kappa shape index (κ2) is 5.00. The zero-order chi connectivity index (χ0) is 14.3. The molecular weight excluding hydrogens is 294 g/mol. The highest BCUT2D eigenvalue weighted by Crippen LogP contribution is 2.32. The standard InChI is InChI=1S/C14H12ClN3OS/c1-8-9(2)20-14-12(8)13(15)16-10(17-14)7-18-6-4-3-5-11(18)19/h3-6H,7H2,1-2H3. The van der Waals surface area contributed by atoms with E-state index in [0.29, 0.717) is 17.5 Å². The van der Waals surface area contributed by atoms with E-state index in [-0.39, 0.29) is 5.56 Å². The molecule has 0 saturated heterocycles. The zero-order valence-corrected chi connectivity index (χ0v) is 12.6. The Kier molecular flexibility index (Phi) is 3.31. The third-order valence-electron chi connectivity index (χ3n) is 3.24. The molecule has 3 aromatic heterocycles. The van der Waals surface area contributed by atoms with Gasteiger partial charge in [0.15, 0.2) is 5.82 Å². The summed E-state index contributed by atoms with van der Waals surface area (Å²) in [7, 11) is 0. The van der Waals surface area contributed by atoms with E-state index < -0.39 is 0 Å². The van der Waals surface area contributed by atoms with Crippen molar-refractivity contribution in [3.05, 3.63) is 56.2 Å². The van der Waals surface area contributed by atoms with Gasteiger partial charge in [0.1, 0.15) is 9.98 Å². The Morgan fingerprint density at radius 1 is 1.30 bits per heavy atom. The van der Waals surface area contributed by atoms with Crippen molar-refractivity contribution in [2.75, 3.05) is 0 Å². The minimum atomic E-state index is -0.0779. The first-order valence-electron chi connectivity index (χ1n) is 6.14. The molecule has 0 aromatic carbocycles. The molecule has 20 heavy (non-hydrogen) atoms. The van der Waals surface area contributed by atoms with Crippen LogP contribution in [0.5, 0.6) is 0 Å². The summed E-state index contributed by atoms with van der Waals surface area (Å²) in [5.74, 6) is 0.553. The van der Waals surface area contributed by atoms with Crippen molar-refractivity contribution in [1.82, 2.24) is 14.5 Å². The van der Waals surface area contributed by atoms with Crippen LogP contribution < -0.4 is 5.56 Å². The Hall–Kier alpha value is -1.72. The van der Waals surface area contributed by atoms with E-state index in [1.807, 2.05) is 13.8 Å². The Bertz CT molecular complexity index is 853. The summed E-state index contributed by atoms with van der Waals surface area (Å²) in [4.78, 5) is 22.6. The van der Waals surface area contributed by atoms with Crippen LogP contribution >= 0.6 is 22.9 Å². The van der Waals surface area contributed by atoms with Gasteiger partial charge in [-0.05, 0) is 25.5 Å². The number of hydrogen-bond donors (Lipinski definition) is 0. The van der Waals surface area contributed by atoms with Crippen molar-refractivity contribution >= 4 is 33.2 Å². The predicted molar refractivity (Wildman–Crippen MR) is 81.7 cm³/mol. The number of aromatic nitrogens is 3. The second-order valence-electron chi connectivity index (χ2n) is 4.56. The van der Waals surface area contributed by atoms with Gasteiger partial charge in [-0.1, -0.05) is 17.7 Å². The van der Waals surface area contributed by atoms with Crippen LogP contribution in [0.15, 0.2) is 29.2 Å². The van der Waals surface area contributed by atoms with Crippen LogP contribution in [-0.2, 0) is 6.54 Å². The first-order valence-corrected chi connectivity index (χ1v) is 7.33. The summed E-state index contributed by atoms with van der Waals surface area (Å²) in [6.07, 6.45) is 1.72. The van der Waals surface area contributed by atoms with Gasteiger partial charge >= 0.3 is 0 Å². The van der Waals surface area contributed by atoms with Gasteiger partial charge in [-0.2, -0.15) is 0 Å². The second-order valence-corrected chi connectivity index (χ2v) is 6.12. The van der Waals surface area contributed by atoms with Gasteiger partial charge in [0.05, 0.1) is 11.9 Å². The molecule has 0 amide bonds. The van der Waals surface area contributed by atoms with Crippen LogP contribution in [0.3, 0.4) is 0 Å². The van der Waals surface area contributed by atoms with Crippen molar-refractivity contribution in [2.45, 2.75) is 20.4 Å². The Labute approximate surface area is 124 Å². The van der Waals surface area contributed by atoms with Gasteiger partial charge in [-0.15, -0.1) is 11.3 Å². The van der Waals surface area contributed by atoms with Crippen molar-refractivity contribution in [2.24, 2.45) is 0 Å². The summed E-state index contributed by atoms with van der Waals surface area (Å²) in [6, 6.07) is 5.03. The number of rotatable bonds is 2. The number of hydrogen-bond acceptors (Lipinski definition) is 4. The lowest BCUT2D eigenvalue weighted by Gasteiger charge is -2.05. The molecule has 0 atom stereocenters. The third kappa shape index (κ3) is 2.23. The summed E-state index contributed by atoms with van der Waals surface area (Å²) in [5, 5.41) is 1.37. The fraction of sp³-hybridized carbons (Fsp3) is 0.214. The number of thiophene rings is 1. The highest BCUT2D eigenvalue weighted by Gasteiger charge is 2.13. The lowest BCUT2D eigenvalue weighted by Crippen LogP contribution is -2.19. The largest absolute Gasteiger partial charge is 0.308 e. The summed E-state index contributed by atoms with van der Waals surface area (Å²) >= 11 is 7.85. The lowest BCUT2D eigenvalue weighted by molar-refractivity contribution is 0.719. The molecule has 3 heterocycles. The fourth-order valence-electron chi connectivity index (χ4n) is 2.06. The summed E-state index contributed by atoms with van der Waals surface area (Å²) in [6.45, 7) is 4.38. The smallest absolute Gasteiger partial charge is 0.250 e. The molecule has 3 rings (SSSR count). The number of fused-ring (bicyclic) bond motifs is 1. The topological polar surface area (TPSA) is 47.8 Å². The maximum absolute atomic E-state index is 11.7. The lowest BCUT2D eigenvalue weighted by atomic mass is 10.2. The van der Waals surface area contributed by atoms with Crippen molar-refractivity contribution in [1.29, 1.82) is 0 Å². The first-order chi connectivity index (χ1) is 9.56. The molecule has 0 aliphatic rings. The maximum Gasteiger partial charge on any atom is 0.250 e.